The Morgan fingerprint density at radius 2 is 1.75 bits per heavy atom. The third kappa shape index (κ3) is 2.50. The fraction of sp³-hybridized carbons (Fsp3) is 0.476. The van der Waals surface area contributed by atoms with Crippen LogP contribution >= 0.6 is 0 Å². The van der Waals surface area contributed by atoms with Crippen molar-refractivity contribution in [3.8, 4) is 0 Å². The normalized spacial score (nSPS) is 19.1. The van der Waals surface area contributed by atoms with Gasteiger partial charge in [0.2, 0.25) is 0 Å². The number of rotatable bonds is 2. The minimum absolute atomic E-state index is 0.285. The smallest absolute Gasteiger partial charge is 0.255 e. The molecule has 4 rings (SSSR count). The molecule has 2 aliphatic rings. The molecule has 0 spiro atoms. The molecular weight excluding hydrogens is 310 g/mol. The van der Waals surface area contributed by atoms with Crippen molar-refractivity contribution in [1.29, 1.82) is 0 Å². The second-order valence-corrected chi connectivity index (χ2v) is 13.5. The number of hydrogen-bond donors (Lipinski definition) is 0. The summed E-state index contributed by atoms with van der Waals surface area (Å²) in [5.74, 6) is 0.285. The first kappa shape index (κ1) is 15.9. The maximum absolute atomic E-state index is 13.3. The molecule has 3 heteroatoms. The first-order valence-electron chi connectivity index (χ1n) is 9.33. The van der Waals surface area contributed by atoms with Crippen LogP contribution in [0.1, 0.15) is 48.0 Å². The highest BCUT2D eigenvalue weighted by molar-refractivity contribution is 6.89. The van der Waals surface area contributed by atoms with Crippen LogP contribution in [0.4, 0.5) is 0 Å². The van der Waals surface area contributed by atoms with E-state index in [1.165, 1.54) is 48.2 Å². The van der Waals surface area contributed by atoms with Gasteiger partial charge in [-0.05, 0) is 29.2 Å². The number of amides is 1. The minimum atomic E-state index is -1.50. The van der Waals surface area contributed by atoms with E-state index in [1.54, 1.807) is 0 Å². The minimum Gasteiger partial charge on any atom is -0.331 e. The van der Waals surface area contributed by atoms with Gasteiger partial charge in [0.25, 0.3) is 5.91 Å². The summed E-state index contributed by atoms with van der Waals surface area (Å²) in [6.45, 7) is 8.02. The van der Waals surface area contributed by atoms with Gasteiger partial charge in [0, 0.05) is 12.6 Å². The summed E-state index contributed by atoms with van der Waals surface area (Å²) in [4.78, 5) is 15.5. The van der Waals surface area contributed by atoms with E-state index < -0.39 is 8.07 Å². The molecule has 0 radical (unpaired) electrons. The molecule has 1 heterocycles. The molecule has 2 aromatic carbocycles. The van der Waals surface area contributed by atoms with Crippen LogP contribution in [0.2, 0.25) is 19.6 Å². The molecule has 1 aliphatic carbocycles. The summed E-state index contributed by atoms with van der Waals surface area (Å²) < 4.78 is 0. The molecule has 0 unspecified atom stereocenters. The SMILES string of the molecule is C[Si](C)(C)c1cc2ccccc2c2c1CN(C1CCCCC1)C2=O. The van der Waals surface area contributed by atoms with Gasteiger partial charge in [-0.3, -0.25) is 4.79 Å². The van der Waals surface area contributed by atoms with Gasteiger partial charge in [-0.15, -0.1) is 0 Å². The molecular formula is C21H27NOSi. The van der Waals surface area contributed by atoms with Crippen molar-refractivity contribution in [1.82, 2.24) is 4.90 Å². The summed E-state index contributed by atoms with van der Waals surface area (Å²) in [5.41, 5.74) is 2.35. The van der Waals surface area contributed by atoms with Gasteiger partial charge in [0.1, 0.15) is 0 Å². The number of hydrogen-bond acceptors (Lipinski definition) is 1. The fourth-order valence-corrected chi connectivity index (χ4v) is 6.24. The molecule has 2 nitrogen and oxygen atoms in total. The van der Waals surface area contributed by atoms with Gasteiger partial charge < -0.3 is 4.90 Å². The Balaban J connectivity index is 1.88. The van der Waals surface area contributed by atoms with Crippen molar-refractivity contribution in [3.05, 3.63) is 41.5 Å². The molecule has 1 fully saturated rings. The maximum Gasteiger partial charge on any atom is 0.255 e. The Hall–Kier alpha value is -1.61. The van der Waals surface area contributed by atoms with Crippen LogP contribution in [0.15, 0.2) is 30.3 Å². The number of benzene rings is 2. The van der Waals surface area contributed by atoms with Crippen LogP contribution in [0, 0.1) is 0 Å². The summed E-state index contributed by atoms with van der Waals surface area (Å²) in [5, 5.41) is 3.85. The van der Waals surface area contributed by atoms with Crippen molar-refractivity contribution in [2.45, 2.75) is 64.3 Å². The number of nitrogens with zero attached hydrogens (tertiary/aromatic N) is 1. The van der Waals surface area contributed by atoms with Gasteiger partial charge >= 0.3 is 0 Å². The largest absolute Gasteiger partial charge is 0.331 e. The van der Waals surface area contributed by atoms with Crippen LogP contribution in [-0.4, -0.2) is 24.9 Å². The second-order valence-electron chi connectivity index (χ2n) is 8.47. The molecule has 1 saturated carbocycles. The van der Waals surface area contributed by atoms with E-state index >= 15 is 0 Å². The lowest BCUT2D eigenvalue weighted by Crippen LogP contribution is -2.41. The predicted octanol–water partition coefficient (Wildman–Crippen LogP) is 4.67. The van der Waals surface area contributed by atoms with Crippen molar-refractivity contribution in [3.63, 3.8) is 0 Å². The van der Waals surface area contributed by atoms with Crippen LogP contribution < -0.4 is 5.19 Å². The van der Waals surface area contributed by atoms with Crippen LogP contribution in [0.5, 0.6) is 0 Å². The predicted molar refractivity (Wildman–Crippen MR) is 104 cm³/mol. The molecule has 1 aliphatic heterocycles. The lowest BCUT2D eigenvalue weighted by Gasteiger charge is -2.31. The van der Waals surface area contributed by atoms with E-state index in [0.717, 1.165) is 17.5 Å². The highest BCUT2D eigenvalue weighted by atomic mass is 28.3. The van der Waals surface area contributed by atoms with Crippen LogP contribution in [0.3, 0.4) is 0 Å². The Bertz CT molecular complexity index is 799. The number of fused-ring (bicyclic) bond motifs is 3. The highest BCUT2D eigenvalue weighted by Crippen LogP contribution is 2.35. The maximum atomic E-state index is 13.3. The third-order valence-corrected chi connectivity index (χ3v) is 7.85. The Morgan fingerprint density at radius 3 is 2.46 bits per heavy atom. The van der Waals surface area contributed by atoms with Crippen molar-refractivity contribution >= 4 is 29.9 Å². The Labute approximate surface area is 145 Å². The fourth-order valence-electron chi connectivity index (χ4n) is 4.54. The molecule has 2 aromatic rings. The zero-order valence-electron chi connectivity index (χ0n) is 15.1. The van der Waals surface area contributed by atoms with Crippen LogP contribution in [0.25, 0.3) is 10.8 Å². The molecule has 0 N–H and O–H groups in total. The van der Waals surface area contributed by atoms with E-state index in [4.69, 9.17) is 0 Å². The Morgan fingerprint density at radius 1 is 1.04 bits per heavy atom. The summed E-state index contributed by atoms with van der Waals surface area (Å²) in [7, 11) is -1.50. The van der Waals surface area contributed by atoms with Gasteiger partial charge in [0.05, 0.1) is 13.6 Å². The summed E-state index contributed by atoms with van der Waals surface area (Å²) in [6, 6.07) is 11.3. The zero-order valence-corrected chi connectivity index (χ0v) is 16.1. The monoisotopic (exact) mass is 337 g/mol. The van der Waals surface area contributed by atoms with E-state index in [2.05, 4.69) is 54.9 Å². The zero-order chi connectivity index (χ0) is 16.9. The quantitative estimate of drug-likeness (QED) is 0.729. The summed E-state index contributed by atoms with van der Waals surface area (Å²) in [6.07, 6.45) is 6.23. The average Bonchev–Trinajstić information content (AvgIpc) is 2.92. The van der Waals surface area contributed by atoms with Crippen molar-refractivity contribution < 1.29 is 4.79 Å². The standard InChI is InChI=1S/C21H27NOSi/c1-24(2,3)19-13-15-9-7-8-12-17(15)20-18(19)14-22(21(20)23)16-10-5-4-6-11-16/h7-9,12-13,16H,4-6,10-11,14H2,1-3H3. The molecule has 0 aromatic heterocycles. The molecule has 126 valence electrons. The molecule has 0 bridgehead atoms. The second kappa shape index (κ2) is 5.73. The van der Waals surface area contributed by atoms with E-state index in [0.29, 0.717) is 6.04 Å². The molecule has 24 heavy (non-hydrogen) atoms. The van der Waals surface area contributed by atoms with Gasteiger partial charge in [-0.1, -0.05) is 74.4 Å². The Kier molecular flexibility index (Phi) is 3.79. The summed E-state index contributed by atoms with van der Waals surface area (Å²) >= 11 is 0. The molecule has 0 saturated heterocycles. The van der Waals surface area contributed by atoms with Gasteiger partial charge in [-0.25, -0.2) is 0 Å². The molecule has 1 amide bonds. The topological polar surface area (TPSA) is 20.3 Å². The third-order valence-electron chi connectivity index (χ3n) is 5.78. The van der Waals surface area contributed by atoms with E-state index in [9.17, 15) is 4.79 Å². The highest BCUT2D eigenvalue weighted by Gasteiger charge is 2.38. The number of carbonyl (C=O) groups is 1. The lowest BCUT2D eigenvalue weighted by molar-refractivity contribution is 0.0661. The lowest BCUT2D eigenvalue weighted by atomic mass is 9.94. The van der Waals surface area contributed by atoms with Crippen LogP contribution in [-0.2, 0) is 6.54 Å². The van der Waals surface area contributed by atoms with Gasteiger partial charge in [-0.2, -0.15) is 0 Å². The van der Waals surface area contributed by atoms with E-state index in [1.807, 2.05) is 0 Å². The van der Waals surface area contributed by atoms with E-state index in [-0.39, 0.29) is 5.91 Å². The number of carbonyl (C=O) groups excluding carboxylic acids is 1. The first-order chi connectivity index (χ1) is 11.5. The molecule has 0 atom stereocenters. The van der Waals surface area contributed by atoms with Crippen molar-refractivity contribution in [2.24, 2.45) is 0 Å². The van der Waals surface area contributed by atoms with Crippen molar-refractivity contribution in [2.75, 3.05) is 0 Å². The average molecular weight is 338 g/mol. The first-order valence-corrected chi connectivity index (χ1v) is 12.8. The van der Waals surface area contributed by atoms with Gasteiger partial charge in [0.15, 0.2) is 0 Å².